The van der Waals surface area contributed by atoms with Crippen molar-refractivity contribution >= 4 is 17.7 Å². The van der Waals surface area contributed by atoms with Gasteiger partial charge < -0.3 is 14.5 Å². The highest BCUT2D eigenvalue weighted by Gasteiger charge is 2.16. The predicted molar refractivity (Wildman–Crippen MR) is 90.8 cm³/mol. The van der Waals surface area contributed by atoms with E-state index in [-0.39, 0.29) is 18.3 Å². The second kappa shape index (κ2) is 8.73. The fraction of sp³-hybridized carbons (Fsp3) is 0.471. The Hall–Kier alpha value is -2.02. The van der Waals surface area contributed by atoms with Gasteiger partial charge in [-0.25, -0.2) is 0 Å². The van der Waals surface area contributed by atoms with Crippen LogP contribution in [0.3, 0.4) is 0 Å². The Morgan fingerprint density at radius 3 is 2.79 bits per heavy atom. The summed E-state index contributed by atoms with van der Waals surface area (Å²) in [5.41, 5.74) is 0. The lowest BCUT2D eigenvalue weighted by atomic mass is 9.95. The van der Waals surface area contributed by atoms with E-state index in [9.17, 15) is 4.79 Å². The van der Waals surface area contributed by atoms with Crippen molar-refractivity contribution in [2.24, 2.45) is 0 Å². The van der Waals surface area contributed by atoms with Gasteiger partial charge in [0.1, 0.15) is 5.75 Å². The third-order valence-electron chi connectivity index (χ3n) is 3.85. The van der Waals surface area contributed by atoms with E-state index in [1.807, 2.05) is 30.3 Å². The maximum Gasteiger partial charge on any atom is 0.277 e. The first-order chi connectivity index (χ1) is 11.8. The number of rotatable bonds is 7. The van der Waals surface area contributed by atoms with Gasteiger partial charge in [-0.1, -0.05) is 49.2 Å². The average molecular weight is 347 g/mol. The first-order valence-corrected chi connectivity index (χ1v) is 9.20. The number of para-hydroxylation sites is 1. The largest absolute Gasteiger partial charge is 0.484 e. The zero-order valence-electron chi connectivity index (χ0n) is 13.4. The van der Waals surface area contributed by atoms with Crippen molar-refractivity contribution in [1.29, 1.82) is 0 Å². The Morgan fingerprint density at radius 2 is 2.00 bits per heavy atom. The van der Waals surface area contributed by atoms with Crippen LogP contribution in [-0.2, 0) is 11.4 Å². The summed E-state index contributed by atoms with van der Waals surface area (Å²) in [5, 5.41) is 11.3. The van der Waals surface area contributed by atoms with E-state index in [4.69, 9.17) is 9.15 Å². The topological polar surface area (TPSA) is 77.2 Å². The Kier molecular flexibility index (Phi) is 6.12. The van der Waals surface area contributed by atoms with Crippen LogP contribution in [0.15, 0.2) is 40.0 Å². The Balaban J connectivity index is 1.40. The monoisotopic (exact) mass is 347 g/mol. The summed E-state index contributed by atoms with van der Waals surface area (Å²) >= 11 is 1.25. The highest BCUT2D eigenvalue weighted by Crippen LogP contribution is 2.19. The zero-order valence-corrected chi connectivity index (χ0v) is 14.3. The van der Waals surface area contributed by atoms with Gasteiger partial charge >= 0.3 is 0 Å². The molecule has 128 valence electrons. The molecule has 1 N–H and O–H groups in total. The van der Waals surface area contributed by atoms with Crippen molar-refractivity contribution < 1.29 is 13.9 Å². The highest BCUT2D eigenvalue weighted by atomic mass is 32.2. The molecule has 7 heteroatoms. The molecule has 0 radical (unpaired) electrons. The molecule has 1 aromatic carbocycles. The number of thioether (sulfide) groups is 1. The van der Waals surface area contributed by atoms with E-state index in [0.29, 0.717) is 17.2 Å². The number of nitrogens with zero attached hydrogens (tertiary/aromatic N) is 2. The van der Waals surface area contributed by atoms with Gasteiger partial charge in [0.05, 0.1) is 5.75 Å². The minimum atomic E-state index is 0.0205. The molecule has 1 aliphatic rings. The first-order valence-electron chi connectivity index (χ1n) is 8.22. The van der Waals surface area contributed by atoms with Crippen LogP contribution in [0.1, 0.15) is 38.0 Å². The second-order valence-corrected chi connectivity index (χ2v) is 6.68. The Labute approximate surface area is 145 Å². The number of benzene rings is 1. The summed E-state index contributed by atoms with van der Waals surface area (Å²) in [5.74, 6) is 1.45. The zero-order chi connectivity index (χ0) is 16.6. The standard InChI is InChI=1S/C17H21N3O3S/c21-15(18-13-7-3-1-4-8-13)12-24-17-20-19-16(23-17)11-22-14-9-5-2-6-10-14/h2,5-6,9-10,13H,1,3-4,7-8,11-12H2,(H,18,21). The maximum atomic E-state index is 12.0. The van der Waals surface area contributed by atoms with E-state index < -0.39 is 0 Å². The smallest absolute Gasteiger partial charge is 0.277 e. The highest BCUT2D eigenvalue weighted by molar-refractivity contribution is 7.99. The number of ether oxygens (including phenoxy) is 1. The third kappa shape index (κ3) is 5.26. The van der Waals surface area contributed by atoms with E-state index in [1.165, 1.54) is 31.0 Å². The molecule has 0 unspecified atom stereocenters. The minimum Gasteiger partial charge on any atom is -0.484 e. The maximum absolute atomic E-state index is 12.0. The fourth-order valence-corrected chi connectivity index (χ4v) is 3.25. The normalized spacial score (nSPS) is 15.2. The van der Waals surface area contributed by atoms with Crippen LogP contribution in [0, 0.1) is 0 Å². The molecule has 0 saturated heterocycles. The molecule has 1 aromatic heterocycles. The molecule has 1 saturated carbocycles. The number of hydrogen-bond donors (Lipinski definition) is 1. The lowest BCUT2D eigenvalue weighted by Gasteiger charge is -2.22. The van der Waals surface area contributed by atoms with Crippen molar-refractivity contribution in [3.8, 4) is 5.75 Å². The third-order valence-corrected chi connectivity index (χ3v) is 4.67. The number of aromatic nitrogens is 2. The fourth-order valence-electron chi connectivity index (χ4n) is 2.66. The van der Waals surface area contributed by atoms with E-state index in [2.05, 4.69) is 15.5 Å². The van der Waals surface area contributed by atoms with Gasteiger partial charge in [-0.3, -0.25) is 4.79 Å². The van der Waals surface area contributed by atoms with E-state index in [0.717, 1.165) is 18.6 Å². The van der Waals surface area contributed by atoms with Crippen LogP contribution in [0.2, 0.25) is 0 Å². The van der Waals surface area contributed by atoms with Crippen molar-refractivity contribution in [3.05, 3.63) is 36.2 Å². The Bertz CT molecular complexity index is 642. The molecule has 6 nitrogen and oxygen atoms in total. The summed E-state index contributed by atoms with van der Waals surface area (Å²) in [4.78, 5) is 12.0. The Morgan fingerprint density at radius 1 is 1.21 bits per heavy atom. The summed E-state index contributed by atoms with van der Waals surface area (Å²) in [7, 11) is 0. The number of carbonyl (C=O) groups is 1. The van der Waals surface area contributed by atoms with Gasteiger partial charge in [-0.2, -0.15) is 0 Å². The molecule has 24 heavy (non-hydrogen) atoms. The van der Waals surface area contributed by atoms with Crippen molar-refractivity contribution in [2.75, 3.05) is 5.75 Å². The average Bonchev–Trinajstić information content (AvgIpc) is 3.08. The van der Waals surface area contributed by atoms with Crippen molar-refractivity contribution in [1.82, 2.24) is 15.5 Å². The van der Waals surface area contributed by atoms with Gasteiger partial charge in [-0.15, -0.1) is 10.2 Å². The van der Waals surface area contributed by atoms with Gasteiger partial charge in [0, 0.05) is 6.04 Å². The van der Waals surface area contributed by atoms with E-state index >= 15 is 0 Å². The number of carbonyl (C=O) groups excluding carboxylic acids is 1. The lowest BCUT2D eigenvalue weighted by molar-refractivity contribution is -0.119. The summed E-state index contributed by atoms with van der Waals surface area (Å²) < 4.78 is 11.0. The van der Waals surface area contributed by atoms with Gasteiger partial charge in [0.2, 0.25) is 5.91 Å². The van der Waals surface area contributed by atoms with Crippen molar-refractivity contribution in [3.63, 3.8) is 0 Å². The van der Waals surface area contributed by atoms with E-state index in [1.54, 1.807) is 0 Å². The van der Waals surface area contributed by atoms with Crippen LogP contribution >= 0.6 is 11.8 Å². The summed E-state index contributed by atoms with van der Waals surface area (Å²) in [6.07, 6.45) is 5.84. The molecule has 0 aliphatic heterocycles. The van der Waals surface area contributed by atoms with Crippen LogP contribution in [0.4, 0.5) is 0 Å². The van der Waals surface area contributed by atoms with Gasteiger partial charge in [0.15, 0.2) is 6.61 Å². The molecule has 1 aliphatic carbocycles. The quantitative estimate of drug-likeness (QED) is 0.775. The molecular formula is C17H21N3O3S. The molecule has 1 heterocycles. The van der Waals surface area contributed by atoms with Crippen LogP contribution in [0.5, 0.6) is 5.75 Å². The molecule has 0 spiro atoms. The minimum absolute atomic E-state index is 0.0205. The predicted octanol–water partition coefficient (Wildman–Crippen LogP) is 3.19. The van der Waals surface area contributed by atoms with Gasteiger partial charge in [0.25, 0.3) is 11.1 Å². The summed E-state index contributed by atoms with van der Waals surface area (Å²) in [6.45, 7) is 0.214. The van der Waals surface area contributed by atoms with Crippen molar-refractivity contribution in [2.45, 2.75) is 50.0 Å². The number of amides is 1. The number of hydrogen-bond acceptors (Lipinski definition) is 6. The number of nitrogens with one attached hydrogen (secondary N) is 1. The first kappa shape index (κ1) is 16.8. The second-order valence-electron chi connectivity index (χ2n) is 5.75. The molecular weight excluding hydrogens is 326 g/mol. The molecule has 1 amide bonds. The molecule has 3 rings (SSSR count). The SMILES string of the molecule is O=C(CSc1nnc(COc2ccccc2)o1)NC1CCCCC1. The van der Waals surface area contributed by atoms with Crippen LogP contribution in [0.25, 0.3) is 0 Å². The van der Waals surface area contributed by atoms with Gasteiger partial charge in [-0.05, 0) is 25.0 Å². The summed E-state index contributed by atoms with van der Waals surface area (Å²) in [6, 6.07) is 9.77. The molecule has 1 fully saturated rings. The lowest BCUT2D eigenvalue weighted by Crippen LogP contribution is -2.37. The molecule has 0 atom stereocenters. The van der Waals surface area contributed by atoms with Crippen LogP contribution < -0.4 is 10.1 Å². The van der Waals surface area contributed by atoms with Crippen LogP contribution in [-0.4, -0.2) is 27.9 Å². The molecule has 0 bridgehead atoms. The molecule has 2 aromatic rings.